The van der Waals surface area contributed by atoms with Gasteiger partial charge in [-0.3, -0.25) is 0 Å². The summed E-state index contributed by atoms with van der Waals surface area (Å²) in [6.07, 6.45) is 5.66. The number of nitrogens with zero attached hydrogens (tertiary/aromatic N) is 3. The lowest BCUT2D eigenvalue weighted by Crippen LogP contribution is -2.25. The molecule has 0 N–H and O–H groups in total. The summed E-state index contributed by atoms with van der Waals surface area (Å²) in [6, 6.07) is 6.07. The van der Waals surface area contributed by atoms with Crippen LogP contribution in [0.3, 0.4) is 0 Å². The van der Waals surface area contributed by atoms with E-state index >= 15 is 0 Å². The van der Waals surface area contributed by atoms with Crippen molar-refractivity contribution in [2.75, 3.05) is 0 Å². The standard InChI is InChI=1S/C8H6I2N3/c9-7-5-11-6-12(7)8-3-1-2-4-13(8)10/h1-6H/q+1. The van der Waals surface area contributed by atoms with Gasteiger partial charge in [-0.25, -0.2) is 4.98 Å². The van der Waals surface area contributed by atoms with Gasteiger partial charge in [0.2, 0.25) is 22.9 Å². The average molecular weight is 398 g/mol. The molecule has 0 saturated carbocycles. The van der Waals surface area contributed by atoms with Crippen LogP contribution in [0.4, 0.5) is 0 Å². The van der Waals surface area contributed by atoms with Crippen molar-refractivity contribution in [1.82, 2.24) is 9.55 Å². The van der Waals surface area contributed by atoms with Gasteiger partial charge in [0, 0.05) is 28.7 Å². The number of aromatic nitrogens is 3. The highest BCUT2D eigenvalue weighted by molar-refractivity contribution is 14.1. The molecular weight excluding hydrogens is 392 g/mol. The summed E-state index contributed by atoms with van der Waals surface area (Å²) in [7, 11) is 0. The summed E-state index contributed by atoms with van der Waals surface area (Å²) in [5.74, 6) is 1.10. The quantitative estimate of drug-likeness (QED) is 0.674. The van der Waals surface area contributed by atoms with Crippen molar-refractivity contribution >= 4 is 45.5 Å². The summed E-state index contributed by atoms with van der Waals surface area (Å²) in [5.41, 5.74) is 0. The number of pyridine rings is 1. The second-order valence-electron chi connectivity index (χ2n) is 2.46. The number of hydrogen-bond donors (Lipinski definition) is 0. The predicted molar refractivity (Wildman–Crippen MR) is 65.9 cm³/mol. The van der Waals surface area contributed by atoms with Gasteiger partial charge in [-0.15, -0.1) is 0 Å². The molecule has 0 atom stereocenters. The normalized spacial score (nSPS) is 10.3. The first-order valence-corrected chi connectivity index (χ1v) is 5.68. The third-order valence-electron chi connectivity index (χ3n) is 1.63. The van der Waals surface area contributed by atoms with Crippen molar-refractivity contribution in [1.29, 1.82) is 0 Å². The largest absolute Gasteiger partial charge is 0.296 e. The summed E-state index contributed by atoms with van der Waals surface area (Å²) < 4.78 is 5.17. The second-order valence-corrected chi connectivity index (χ2v) is 4.60. The molecule has 0 aliphatic carbocycles. The Bertz CT molecular complexity index is 425. The Balaban J connectivity index is 2.59. The van der Waals surface area contributed by atoms with Crippen LogP contribution in [0.25, 0.3) is 5.82 Å². The minimum absolute atomic E-state index is 1.10. The molecule has 0 radical (unpaired) electrons. The van der Waals surface area contributed by atoms with Crippen molar-refractivity contribution in [3.05, 3.63) is 40.6 Å². The third kappa shape index (κ3) is 1.85. The first kappa shape index (κ1) is 9.38. The summed E-state index contributed by atoms with van der Waals surface area (Å²) in [6.45, 7) is 0. The average Bonchev–Trinajstić information content (AvgIpc) is 2.52. The number of halogens is 2. The third-order valence-corrected chi connectivity index (χ3v) is 3.25. The Kier molecular flexibility index (Phi) is 2.82. The van der Waals surface area contributed by atoms with Gasteiger partial charge in [-0.1, -0.05) is 6.07 Å². The highest BCUT2D eigenvalue weighted by atomic mass is 127. The van der Waals surface area contributed by atoms with Crippen molar-refractivity contribution < 1.29 is 2.78 Å². The minimum atomic E-state index is 1.10. The monoisotopic (exact) mass is 398 g/mol. The van der Waals surface area contributed by atoms with Gasteiger partial charge >= 0.3 is 0 Å². The Hall–Kier alpha value is -0.180. The molecule has 0 fully saturated rings. The fraction of sp³-hybridized carbons (Fsp3) is 0. The van der Waals surface area contributed by atoms with E-state index in [1.807, 2.05) is 38.2 Å². The van der Waals surface area contributed by atoms with Crippen LogP contribution in [0.5, 0.6) is 0 Å². The number of imidazole rings is 1. The topological polar surface area (TPSA) is 21.7 Å². The van der Waals surface area contributed by atoms with Crippen LogP contribution in [-0.2, 0) is 0 Å². The lowest BCUT2D eigenvalue weighted by molar-refractivity contribution is -0.435. The predicted octanol–water partition coefficient (Wildman–Crippen LogP) is 1.96. The maximum absolute atomic E-state index is 4.08. The minimum Gasteiger partial charge on any atom is -0.219 e. The van der Waals surface area contributed by atoms with E-state index in [-0.39, 0.29) is 0 Å². The van der Waals surface area contributed by atoms with Gasteiger partial charge in [-0.05, 0) is 6.07 Å². The molecule has 0 amide bonds. The maximum Gasteiger partial charge on any atom is 0.296 e. The van der Waals surface area contributed by atoms with Gasteiger partial charge in [0.05, 0.1) is 6.20 Å². The van der Waals surface area contributed by atoms with Crippen molar-refractivity contribution in [2.24, 2.45) is 0 Å². The maximum atomic E-state index is 4.08. The smallest absolute Gasteiger partial charge is 0.219 e. The van der Waals surface area contributed by atoms with E-state index in [9.17, 15) is 0 Å². The molecule has 0 aliphatic heterocycles. The number of hydrogen-bond acceptors (Lipinski definition) is 1. The Morgan fingerprint density at radius 2 is 2.23 bits per heavy atom. The van der Waals surface area contributed by atoms with Gasteiger partial charge < -0.3 is 0 Å². The Morgan fingerprint density at radius 1 is 1.38 bits per heavy atom. The highest BCUT2D eigenvalue weighted by Gasteiger charge is 2.12. The lowest BCUT2D eigenvalue weighted by atomic mass is 10.5. The fourth-order valence-electron chi connectivity index (χ4n) is 1.05. The molecule has 5 heteroatoms. The van der Waals surface area contributed by atoms with Crippen molar-refractivity contribution in [3.8, 4) is 5.82 Å². The van der Waals surface area contributed by atoms with E-state index in [2.05, 4.69) is 56.5 Å². The summed E-state index contributed by atoms with van der Waals surface area (Å²) in [5, 5.41) is 0. The zero-order valence-corrected chi connectivity index (χ0v) is 10.9. The van der Waals surface area contributed by atoms with Crippen LogP contribution in [0.2, 0.25) is 0 Å². The van der Waals surface area contributed by atoms with E-state index in [4.69, 9.17) is 0 Å². The van der Waals surface area contributed by atoms with E-state index in [0.29, 0.717) is 0 Å². The first-order valence-electron chi connectivity index (χ1n) is 3.64. The van der Waals surface area contributed by atoms with Gasteiger partial charge in [0.15, 0.2) is 10.0 Å². The fourth-order valence-corrected chi connectivity index (χ4v) is 2.16. The molecule has 2 aromatic heterocycles. The van der Waals surface area contributed by atoms with Crippen LogP contribution in [0, 0.1) is 3.70 Å². The molecule has 2 aromatic rings. The molecule has 0 saturated heterocycles. The Labute approximate surface area is 103 Å². The van der Waals surface area contributed by atoms with Gasteiger partial charge in [0.25, 0.3) is 5.82 Å². The van der Waals surface area contributed by atoms with Crippen molar-refractivity contribution in [2.45, 2.75) is 0 Å². The summed E-state index contributed by atoms with van der Waals surface area (Å²) >= 11 is 4.50. The molecule has 66 valence electrons. The van der Waals surface area contributed by atoms with Crippen LogP contribution in [0.1, 0.15) is 0 Å². The lowest BCUT2D eigenvalue weighted by Gasteiger charge is -1.97. The van der Waals surface area contributed by atoms with E-state index in [1.165, 1.54) is 0 Å². The number of rotatable bonds is 1. The first-order chi connectivity index (χ1) is 6.29. The zero-order valence-electron chi connectivity index (χ0n) is 6.56. The molecule has 13 heavy (non-hydrogen) atoms. The molecular formula is C8H6I2N3+. The zero-order chi connectivity index (χ0) is 9.26. The summed E-state index contributed by atoms with van der Waals surface area (Å²) in [4.78, 5) is 4.08. The molecule has 2 rings (SSSR count). The second kappa shape index (κ2) is 3.91. The molecule has 2 heterocycles. The molecule has 0 bridgehead atoms. The molecule has 0 aliphatic rings. The molecule has 0 unspecified atom stereocenters. The Morgan fingerprint density at radius 3 is 2.85 bits per heavy atom. The molecule has 0 spiro atoms. The SMILES string of the molecule is Ic1cncn1-c1cccc[n+]1I. The van der Waals surface area contributed by atoms with E-state index < -0.39 is 0 Å². The van der Waals surface area contributed by atoms with E-state index in [0.717, 1.165) is 9.52 Å². The van der Waals surface area contributed by atoms with Crippen LogP contribution in [-0.4, -0.2) is 9.55 Å². The van der Waals surface area contributed by atoms with Gasteiger partial charge in [-0.2, -0.15) is 7.35 Å². The van der Waals surface area contributed by atoms with E-state index in [1.54, 1.807) is 0 Å². The van der Waals surface area contributed by atoms with Crippen molar-refractivity contribution in [3.63, 3.8) is 0 Å². The van der Waals surface area contributed by atoms with Crippen LogP contribution >= 0.6 is 45.5 Å². The van der Waals surface area contributed by atoms with Gasteiger partial charge in [0.1, 0.15) is 6.20 Å². The highest BCUT2D eigenvalue weighted by Crippen LogP contribution is 2.09. The van der Waals surface area contributed by atoms with Crippen LogP contribution < -0.4 is 2.78 Å². The molecule has 0 aromatic carbocycles. The van der Waals surface area contributed by atoms with Crippen LogP contribution in [0.15, 0.2) is 36.9 Å². The molecule has 3 nitrogen and oxygen atoms in total.